The van der Waals surface area contributed by atoms with Gasteiger partial charge in [-0.2, -0.15) is 0 Å². The zero-order valence-corrected chi connectivity index (χ0v) is 13.2. The van der Waals surface area contributed by atoms with E-state index in [9.17, 15) is 9.90 Å². The van der Waals surface area contributed by atoms with Crippen LogP contribution in [0.2, 0.25) is 0 Å². The van der Waals surface area contributed by atoms with Gasteiger partial charge in [0.15, 0.2) is 0 Å². The molecule has 2 unspecified atom stereocenters. The highest BCUT2D eigenvalue weighted by molar-refractivity contribution is 5.69. The summed E-state index contributed by atoms with van der Waals surface area (Å²) in [4.78, 5) is 13.7. The number of nitrogens with zero attached hydrogens (tertiary/aromatic N) is 1. The molecule has 3 nitrogen and oxygen atoms in total. The number of carboxylic acid groups (broad SMARTS) is 1. The predicted octanol–water partition coefficient (Wildman–Crippen LogP) is 3.71. The molecule has 1 heterocycles. The van der Waals surface area contributed by atoms with Crippen molar-refractivity contribution in [3.05, 3.63) is 35.4 Å². The number of carboxylic acids is 1. The third-order valence-corrected chi connectivity index (χ3v) is 4.59. The van der Waals surface area contributed by atoms with E-state index in [4.69, 9.17) is 0 Å². The number of carbonyl (C=O) groups is 1. The van der Waals surface area contributed by atoms with Gasteiger partial charge in [-0.3, -0.25) is 9.69 Å². The Morgan fingerprint density at radius 2 is 2.10 bits per heavy atom. The lowest BCUT2D eigenvalue weighted by Crippen LogP contribution is -2.36. The van der Waals surface area contributed by atoms with E-state index in [2.05, 4.69) is 36.1 Å². The molecular weight excluding hydrogens is 262 g/mol. The van der Waals surface area contributed by atoms with Crippen molar-refractivity contribution in [2.75, 3.05) is 13.1 Å². The van der Waals surface area contributed by atoms with Gasteiger partial charge in [-0.1, -0.05) is 36.8 Å². The van der Waals surface area contributed by atoms with Gasteiger partial charge in [-0.05, 0) is 50.6 Å². The fourth-order valence-corrected chi connectivity index (χ4v) is 3.28. The second-order valence-electron chi connectivity index (χ2n) is 6.41. The van der Waals surface area contributed by atoms with Gasteiger partial charge in [-0.15, -0.1) is 0 Å². The van der Waals surface area contributed by atoms with Crippen LogP contribution in [-0.4, -0.2) is 29.1 Å². The second kappa shape index (κ2) is 7.60. The van der Waals surface area contributed by atoms with Gasteiger partial charge in [0.05, 0.1) is 5.92 Å². The number of piperidine rings is 1. The van der Waals surface area contributed by atoms with E-state index in [1.807, 2.05) is 6.92 Å². The van der Waals surface area contributed by atoms with E-state index in [1.54, 1.807) is 0 Å². The highest BCUT2D eigenvalue weighted by Gasteiger charge is 2.25. The SMILES string of the molecule is CCC(CC1CCCN(Cc2ccc(C)cc2)C1)C(=O)O. The van der Waals surface area contributed by atoms with E-state index in [-0.39, 0.29) is 5.92 Å². The summed E-state index contributed by atoms with van der Waals surface area (Å²) in [6.45, 7) is 7.25. The smallest absolute Gasteiger partial charge is 0.306 e. The molecule has 1 fully saturated rings. The van der Waals surface area contributed by atoms with Crippen LogP contribution < -0.4 is 0 Å². The summed E-state index contributed by atoms with van der Waals surface area (Å²) in [7, 11) is 0. The summed E-state index contributed by atoms with van der Waals surface area (Å²) in [5, 5.41) is 9.22. The molecule has 0 amide bonds. The quantitative estimate of drug-likeness (QED) is 0.868. The van der Waals surface area contributed by atoms with Gasteiger partial charge in [0.2, 0.25) is 0 Å². The van der Waals surface area contributed by atoms with Crippen LogP contribution in [0.15, 0.2) is 24.3 Å². The zero-order valence-electron chi connectivity index (χ0n) is 13.2. The largest absolute Gasteiger partial charge is 0.481 e. The number of aryl methyl sites for hydroxylation is 1. The highest BCUT2D eigenvalue weighted by atomic mass is 16.4. The highest BCUT2D eigenvalue weighted by Crippen LogP contribution is 2.26. The van der Waals surface area contributed by atoms with Crippen molar-refractivity contribution in [2.45, 2.75) is 46.1 Å². The molecule has 0 bridgehead atoms. The van der Waals surface area contributed by atoms with E-state index in [0.717, 1.165) is 32.5 Å². The van der Waals surface area contributed by atoms with Crippen molar-refractivity contribution in [3.8, 4) is 0 Å². The number of aliphatic carboxylic acids is 1. The third kappa shape index (κ3) is 4.85. The van der Waals surface area contributed by atoms with E-state index in [1.165, 1.54) is 24.0 Å². The molecule has 2 rings (SSSR count). The maximum atomic E-state index is 11.2. The number of likely N-dealkylation sites (tertiary alicyclic amines) is 1. The van der Waals surface area contributed by atoms with Crippen molar-refractivity contribution < 1.29 is 9.90 Å². The number of hydrogen-bond acceptors (Lipinski definition) is 2. The van der Waals surface area contributed by atoms with Crippen molar-refractivity contribution >= 4 is 5.97 Å². The molecule has 0 aromatic heterocycles. The van der Waals surface area contributed by atoms with E-state index in [0.29, 0.717) is 5.92 Å². The molecule has 0 saturated carbocycles. The lowest BCUT2D eigenvalue weighted by molar-refractivity contribution is -0.142. The topological polar surface area (TPSA) is 40.5 Å². The second-order valence-corrected chi connectivity index (χ2v) is 6.41. The Morgan fingerprint density at radius 3 is 2.71 bits per heavy atom. The van der Waals surface area contributed by atoms with Crippen LogP contribution in [0, 0.1) is 18.8 Å². The van der Waals surface area contributed by atoms with Crippen LogP contribution in [0.3, 0.4) is 0 Å². The summed E-state index contributed by atoms with van der Waals surface area (Å²) < 4.78 is 0. The maximum absolute atomic E-state index is 11.2. The molecule has 0 aliphatic carbocycles. The lowest BCUT2D eigenvalue weighted by Gasteiger charge is -2.33. The Kier molecular flexibility index (Phi) is 5.80. The van der Waals surface area contributed by atoms with Crippen LogP contribution in [0.4, 0.5) is 0 Å². The average Bonchev–Trinajstić information content (AvgIpc) is 2.47. The van der Waals surface area contributed by atoms with Gasteiger partial charge in [0, 0.05) is 13.1 Å². The minimum Gasteiger partial charge on any atom is -0.481 e. The first kappa shape index (κ1) is 16.0. The Bertz CT molecular complexity index is 455. The molecule has 1 N–H and O–H groups in total. The molecule has 1 aromatic rings. The predicted molar refractivity (Wildman–Crippen MR) is 85.2 cm³/mol. The van der Waals surface area contributed by atoms with Gasteiger partial charge in [0.1, 0.15) is 0 Å². The Morgan fingerprint density at radius 1 is 1.38 bits per heavy atom. The summed E-state index contributed by atoms with van der Waals surface area (Å²) >= 11 is 0. The number of benzene rings is 1. The zero-order chi connectivity index (χ0) is 15.2. The van der Waals surface area contributed by atoms with Gasteiger partial charge in [0.25, 0.3) is 0 Å². The number of rotatable bonds is 6. The Hall–Kier alpha value is -1.35. The van der Waals surface area contributed by atoms with Crippen LogP contribution in [-0.2, 0) is 11.3 Å². The molecular formula is C18H27NO2. The third-order valence-electron chi connectivity index (χ3n) is 4.59. The standard InChI is InChI=1S/C18H27NO2/c1-3-17(18(20)21)11-16-5-4-10-19(13-16)12-15-8-6-14(2)7-9-15/h6-9,16-17H,3-5,10-13H2,1-2H3,(H,20,21). The molecule has 1 saturated heterocycles. The van der Waals surface area contributed by atoms with E-state index < -0.39 is 5.97 Å². The molecule has 3 heteroatoms. The molecule has 1 aliphatic rings. The molecule has 0 spiro atoms. The molecule has 0 radical (unpaired) electrons. The summed E-state index contributed by atoms with van der Waals surface area (Å²) in [6, 6.07) is 8.72. The van der Waals surface area contributed by atoms with Crippen LogP contribution in [0.25, 0.3) is 0 Å². The lowest BCUT2D eigenvalue weighted by atomic mass is 9.87. The van der Waals surface area contributed by atoms with Crippen LogP contribution >= 0.6 is 0 Å². The minimum absolute atomic E-state index is 0.172. The van der Waals surface area contributed by atoms with Gasteiger partial charge < -0.3 is 5.11 Å². The summed E-state index contributed by atoms with van der Waals surface area (Å²) in [5.74, 6) is -0.271. The van der Waals surface area contributed by atoms with Crippen molar-refractivity contribution in [2.24, 2.45) is 11.8 Å². The van der Waals surface area contributed by atoms with Crippen molar-refractivity contribution in [3.63, 3.8) is 0 Å². The van der Waals surface area contributed by atoms with Crippen molar-refractivity contribution in [1.29, 1.82) is 0 Å². The van der Waals surface area contributed by atoms with Gasteiger partial charge >= 0.3 is 5.97 Å². The molecule has 116 valence electrons. The van der Waals surface area contributed by atoms with Crippen molar-refractivity contribution in [1.82, 2.24) is 4.90 Å². The first-order chi connectivity index (χ1) is 10.1. The normalized spacial score (nSPS) is 21.1. The fourth-order valence-electron chi connectivity index (χ4n) is 3.28. The molecule has 1 aromatic carbocycles. The first-order valence-corrected chi connectivity index (χ1v) is 8.09. The molecule has 2 atom stereocenters. The molecule has 1 aliphatic heterocycles. The average molecular weight is 289 g/mol. The minimum atomic E-state index is -0.631. The Labute approximate surface area is 128 Å². The van der Waals surface area contributed by atoms with Gasteiger partial charge in [-0.25, -0.2) is 0 Å². The van der Waals surface area contributed by atoms with Crippen LogP contribution in [0.5, 0.6) is 0 Å². The summed E-state index contributed by atoms with van der Waals surface area (Å²) in [6.07, 6.45) is 3.93. The van der Waals surface area contributed by atoms with Crippen LogP contribution in [0.1, 0.15) is 43.7 Å². The summed E-state index contributed by atoms with van der Waals surface area (Å²) in [5.41, 5.74) is 2.65. The fraction of sp³-hybridized carbons (Fsp3) is 0.611. The number of hydrogen-bond donors (Lipinski definition) is 1. The molecule has 21 heavy (non-hydrogen) atoms. The maximum Gasteiger partial charge on any atom is 0.306 e. The van der Waals surface area contributed by atoms with E-state index >= 15 is 0 Å². The monoisotopic (exact) mass is 289 g/mol. The Balaban J connectivity index is 1.88. The first-order valence-electron chi connectivity index (χ1n) is 8.09.